The Hall–Kier alpha value is -2.09. The van der Waals surface area contributed by atoms with Crippen LogP contribution in [-0.4, -0.2) is 5.97 Å². The van der Waals surface area contributed by atoms with E-state index in [-0.39, 0.29) is 11.4 Å². The first-order chi connectivity index (χ1) is 9.38. The molecule has 2 aromatic rings. The molecule has 2 nitrogen and oxygen atoms in total. The van der Waals surface area contributed by atoms with Crippen molar-refractivity contribution in [1.82, 2.24) is 0 Å². The smallest absolute Gasteiger partial charge is 0.343 e. The maximum Gasteiger partial charge on any atom is 0.343 e. The van der Waals surface area contributed by atoms with Gasteiger partial charge in [0.15, 0.2) is 0 Å². The fourth-order valence-electron chi connectivity index (χ4n) is 2.05. The van der Waals surface area contributed by atoms with Crippen LogP contribution in [0.15, 0.2) is 48.5 Å². The Kier molecular flexibility index (Phi) is 3.93. The minimum absolute atomic E-state index is 0.0711. The lowest BCUT2D eigenvalue weighted by Crippen LogP contribution is -2.16. The quantitative estimate of drug-likeness (QED) is 0.591. The van der Waals surface area contributed by atoms with Gasteiger partial charge < -0.3 is 4.74 Å². The minimum atomic E-state index is -0.319. The molecule has 104 valence electrons. The second-order valence-electron chi connectivity index (χ2n) is 6.01. The van der Waals surface area contributed by atoms with Gasteiger partial charge in [-0.3, -0.25) is 0 Å². The van der Waals surface area contributed by atoms with Crippen LogP contribution in [0, 0.1) is 6.92 Å². The van der Waals surface area contributed by atoms with Crippen LogP contribution in [0.4, 0.5) is 0 Å². The summed E-state index contributed by atoms with van der Waals surface area (Å²) in [6.07, 6.45) is 0. The van der Waals surface area contributed by atoms with Crippen molar-refractivity contribution in [2.75, 3.05) is 0 Å². The SMILES string of the molecule is Cc1ccc(OC(=O)c2ccccc2)c(C(C)(C)C)c1. The first kappa shape index (κ1) is 14.3. The van der Waals surface area contributed by atoms with Crippen molar-refractivity contribution >= 4 is 5.97 Å². The number of hydrogen-bond donors (Lipinski definition) is 0. The Morgan fingerprint density at radius 2 is 1.65 bits per heavy atom. The molecule has 0 N–H and O–H groups in total. The highest BCUT2D eigenvalue weighted by molar-refractivity contribution is 5.91. The standard InChI is InChI=1S/C18H20O2/c1-13-10-11-16(15(12-13)18(2,3)4)20-17(19)14-8-6-5-7-9-14/h5-12H,1-4H3. The van der Waals surface area contributed by atoms with Crippen LogP contribution in [-0.2, 0) is 5.41 Å². The number of aryl methyl sites for hydroxylation is 1. The Morgan fingerprint density at radius 1 is 1.00 bits per heavy atom. The third-order valence-corrected chi connectivity index (χ3v) is 3.16. The highest BCUT2D eigenvalue weighted by Crippen LogP contribution is 2.32. The van der Waals surface area contributed by atoms with Gasteiger partial charge in [0.25, 0.3) is 0 Å². The van der Waals surface area contributed by atoms with Crippen LogP contribution >= 0.6 is 0 Å². The first-order valence-corrected chi connectivity index (χ1v) is 6.76. The molecule has 0 fully saturated rings. The number of ether oxygens (including phenoxy) is 1. The predicted octanol–water partition coefficient (Wildman–Crippen LogP) is 4.51. The van der Waals surface area contributed by atoms with E-state index in [0.29, 0.717) is 11.3 Å². The molecule has 0 bridgehead atoms. The minimum Gasteiger partial charge on any atom is -0.423 e. The molecule has 2 aromatic carbocycles. The summed E-state index contributed by atoms with van der Waals surface area (Å²) in [6, 6.07) is 15.0. The van der Waals surface area contributed by atoms with Gasteiger partial charge in [-0.2, -0.15) is 0 Å². The Labute approximate surface area is 120 Å². The van der Waals surface area contributed by atoms with E-state index < -0.39 is 0 Å². The number of rotatable bonds is 2. The van der Waals surface area contributed by atoms with Crippen LogP contribution in [0.5, 0.6) is 5.75 Å². The molecule has 0 saturated heterocycles. The Bertz CT molecular complexity index is 607. The molecule has 2 rings (SSSR count). The van der Waals surface area contributed by atoms with Crippen molar-refractivity contribution in [3.8, 4) is 5.75 Å². The molecule has 0 aliphatic carbocycles. The first-order valence-electron chi connectivity index (χ1n) is 6.76. The molecule has 0 saturated carbocycles. The monoisotopic (exact) mass is 268 g/mol. The van der Waals surface area contributed by atoms with Gasteiger partial charge in [-0.05, 0) is 30.5 Å². The number of esters is 1. The van der Waals surface area contributed by atoms with Gasteiger partial charge in [0, 0.05) is 5.56 Å². The number of carbonyl (C=O) groups is 1. The molecule has 0 amide bonds. The summed E-state index contributed by atoms with van der Waals surface area (Å²) in [5.41, 5.74) is 2.70. The third kappa shape index (κ3) is 3.27. The number of benzene rings is 2. The lowest BCUT2D eigenvalue weighted by Gasteiger charge is -2.22. The molecular formula is C18H20O2. The van der Waals surface area contributed by atoms with E-state index in [2.05, 4.69) is 26.8 Å². The van der Waals surface area contributed by atoms with Crippen molar-refractivity contribution in [3.63, 3.8) is 0 Å². The van der Waals surface area contributed by atoms with Gasteiger partial charge in [0.2, 0.25) is 0 Å². The molecule has 20 heavy (non-hydrogen) atoms. The van der Waals surface area contributed by atoms with Gasteiger partial charge in [0.1, 0.15) is 5.75 Å². The highest BCUT2D eigenvalue weighted by Gasteiger charge is 2.21. The van der Waals surface area contributed by atoms with Crippen LogP contribution in [0.2, 0.25) is 0 Å². The van der Waals surface area contributed by atoms with E-state index in [1.807, 2.05) is 37.3 Å². The van der Waals surface area contributed by atoms with Gasteiger partial charge in [-0.25, -0.2) is 4.79 Å². The van der Waals surface area contributed by atoms with Gasteiger partial charge >= 0.3 is 5.97 Å². The molecule has 2 heteroatoms. The summed E-state index contributed by atoms with van der Waals surface area (Å²) in [5, 5.41) is 0. The normalized spacial score (nSPS) is 11.2. The van der Waals surface area contributed by atoms with Crippen LogP contribution in [0.25, 0.3) is 0 Å². The molecule has 0 spiro atoms. The van der Waals surface area contributed by atoms with Crippen molar-refractivity contribution in [1.29, 1.82) is 0 Å². The second kappa shape index (κ2) is 5.49. The maximum absolute atomic E-state index is 12.2. The largest absolute Gasteiger partial charge is 0.423 e. The van der Waals surface area contributed by atoms with E-state index in [1.54, 1.807) is 12.1 Å². The molecule has 0 aliphatic heterocycles. The average Bonchev–Trinajstić information content (AvgIpc) is 2.40. The van der Waals surface area contributed by atoms with Crippen LogP contribution < -0.4 is 4.74 Å². The van der Waals surface area contributed by atoms with Crippen molar-refractivity contribution in [2.45, 2.75) is 33.1 Å². The molecular weight excluding hydrogens is 248 g/mol. The Morgan fingerprint density at radius 3 is 2.25 bits per heavy atom. The lowest BCUT2D eigenvalue weighted by atomic mass is 9.85. The molecule has 0 aromatic heterocycles. The second-order valence-corrected chi connectivity index (χ2v) is 6.01. The summed E-state index contributed by atoms with van der Waals surface area (Å²) >= 11 is 0. The molecule has 0 radical (unpaired) electrons. The Balaban J connectivity index is 2.33. The summed E-state index contributed by atoms with van der Waals surface area (Å²) in [4.78, 5) is 12.2. The van der Waals surface area contributed by atoms with E-state index in [4.69, 9.17) is 4.74 Å². The van der Waals surface area contributed by atoms with Crippen molar-refractivity contribution in [3.05, 3.63) is 65.2 Å². The molecule has 0 unspecified atom stereocenters. The third-order valence-electron chi connectivity index (χ3n) is 3.16. The summed E-state index contributed by atoms with van der Waals surface area (Å²) < 4.78 is 5.57. The number of hydrogen-bond acceptors (Lipinski definition) is 2. The number of carbonyl (C=O) groups excluding carboxylic acids is 1. The highest BCUT2D eigenvalue weighted by atomic mass is 16.5. The van der Waals surface area contributed by atoms with E-state index >= 15 is 0 Å². The molecule has 0 atom stereocenters. The topological polar surface area (TPSA) is 26.3 Å². The fourth-order valence-corrected chi connectivity index (χ4v) is 2.05. The lowest BCUT2D eigenvalue weighted by molar-refractivity contribution is 0.0732. The fraction of sp³-hybridized carbons (Fsp3) is 0.278. The van der Waals surface area contributed by atoms with E-state index in [9.17, 15) is 4.79 Å². The van der Waals surface area contributed by atoms with Gasteiger partial charge in [-0.15, -0.1) is 0 Å². The van der Waals surface area contributed by atoms with Gasteiger partial charge in [-0.1, -0.05) is 56.7 Å². The zero-order chi connectivity index (χ0) is 14.8. The van der Waals surface area contributed by atoms with Crippen LogP contribution in [0.1, 0.15) is 42.3 Å². The zero-order valence-corrected chi connectivity index (χ0v) is 12.4. The van der Waals surface area contributed by atoms with Gasteiger partial charge in [0.05, 0.1) is 5.56 Å². The maximum atomic E-state index is 12.2. The zero-order valence-electron chi connectivity index (χ0n) is 12.4. The van der Waals surface area contributed by atoms with Crippen molar-refractivity contribution < 1.29 is 9.53 Å². The molecule has 0 aliphatic rings. The van der Waals surface area contributed by atoms with E-state index in [0.717, 1.165) is 11.1 Å². The van der Waals surface area contributed by atoms with Crippen molar-refractivity contribution in [2.24, 2.45) is 0 Å². The molecule has 0 heterocycles. The van der Waals surface area contributed by atoms with E-state index in [1.165, 1.54) is 0 Å². The summed E-state index contributed by atoms with van der Waals surface area (Å²) in [6.45, 7) is 8.38. The summed E-state index contributed by atoms with van der Waals surface area (Å²) in [7, 11) is 0. The summed E-state index contributed by atoms with van der Waals surface area (Å²) in [5.74, 6) is 0.317. The average molecular weight is 268 g/mol. The van der Waals surface area contributed by atoms with Crippen LogP contribution in [0.3, 0.4) is 0 Å². The predicted molar refractivity (Wildman–Crippen MR) is 81.3 cm³/mol.